The zero-order valence-electron chi connectivity index (χ0n) is 14.0. The van der Waals surface area contributed by atoms with Gasteiger partial charge in [-0.05, 0) is 12.1 Å². The van der Waals surface area contributed by atoms with Gasteiger partial charge in [-0.1, -0.05) is 0 Å². The summed E-state index contributed by atoms with van der Waals surface area (Å²) in [5.74, 6) is -1.67. The molecule has 1 fully saturated rings. The van der Waals surface area contributed by atoms with Gasteiger partial charge in [-0.2, -0.15) is 0 Å². The number of hydrogen-bond donors (Lipinski definition) is 2. The van der Waals surface area contributed by atoms with Crippen molar-refractivity contribution >= 4 is 17.4 Å². The largest absolute Gasteiger partial charge is 0.379 e. The first-order valence-electron chi connectivity index (χ1n) is 8.24. The summed E-state index contributed by atoms with van der Waals surface area (Å²) in [5, 5.41) is 5.50. The van der Waals surface area contributed by atoms with Crippen LogP contribution in [0.2, 0.25) is 0 Å². The Kier molecular flexibility index (Phi) is 6.03. The van der Waals surface area contributed by atoms with Crippen molar-refractivity contribution in [3.8, 4) is 0 Å². The molecule has 0 unspecified atom stereocenters. The summed E-state index contributed by atoms with van der Waals surface area (Å²) in [4.78, 5) is 22.4. The van der Waals surface area contributed by atoms with E-state index in [9.17, 15) is 13.6 Å². The SMILES string of the molecule is O=C(Nc1ccc(F)cc1F)c1cc(NCCN2CCOCC2)ncn1. The average molecular weight is 363 g/mol. The molecule has 0 saturated carbocycles. The van der Waals surface area contributed by atoms with Gasteiger partial charge in [0.05, 0.1) is 18.9 Å². The first kappa shape index (κ1) is 18.2. The lowest BCUT2D eigenvalue weighted by atomic mass is 10.2. The third-order valence-electron chi connectivity index (χ3n) is 3.92. The van der Waals surface area contributed by atoms with E-state index in [0.717, 1.165) is 45.0 Å². The highest BCUT2D eigenvalue weighted by Crippen LogP contribution is 2.16. The molecule has 1 aliphatic rings. The Morgan fingerprint density at radius 3 is 2.77 bits per heavy atom. The summed E-state index contributed by atoms with van der Waals surface area (Å²) in [6.45, 7) is 4.74. The smallest absolute Gasteiger partial charge is 0.274 e. The number of carbonyl (C=O) groups excluding carboxylic acids is 1. The molecule has 9 heteroatoms. The van der Waals surface area contributed by atoms with Gasteiger partial charge in [0.2, 0.25) is 0 Å². The lowest BCUT2D eigenvalue weighted by Crippen LogP contribution is -2.39. The maximum atomic E-state index is 13.6. The van der Waals surface area contributed by atoms with Gasteiger partial charge < -0.3 is 15.4 Å². The number of nitrogens with one attached hydrogen (secondary N) is 2. The summed E-state index contributed by atoms with van der Waals surface area (Å²) in [5.41, 5.74) is -0.0329. The van der Waals surface area contributed by atoms with E-state index in [0.29, 0.717) is 18.4 Å². The standard InChI is InChI=1S/C17H19F2N5O2/c18-12-1-2-14(13(19)9-12)23-17(25)15-10-16(22-11-21-15)20-3-4-24-5-7-26-8-6-24/h1-2,9-11H,3-8H2,(H,23,25)(H,20,21,22). The Labute approximate surface area is 149 Å². The molecule has 1 aliphatic heterocycles. The van der Waals surface area contributed by atoms with E-state index >= 15 is 0 Å². The molecule has 0 radical (unpaired) electrons. The topological polar surface area (TPSA) is 79.4 Å². The molecule has 2 aromatic rings. The molecule has 0 spiro atoms. The van der Waals surface area contributed by atoms with Crippen LogP contribution in [0.4, 0.5) is 20.3 Å². The Morgan fingerprint density at radius 1 is 1.19 bits per heavy atom. The summed E-state index contributed by atoms with van der Waals surface area (Å²) in [6, 6.07) is 4.41. The Morgan fingerprint density at radius 2 is 2.00 bits per heavy atom. The molecule has 0 atom stereocenters. The van der Waals surface area contributed by atoms with Gasteiger partial charge in [-0.25, -0.2) is 18.7 Å². The number of anilines is 2. The van der Waals surface area contributed by atoms with Crippen LogP contribution in [0.25, 0.3) is 0 Å². The molecule has 1 amide bonds. The van der Waals surface area contributed by atoms with Crippen molar-refractivity contribution in [1.82, 2.24) is 14.9 Å². The van der Waals surface area contributed by atoms with E-state index in [4.69, 9.17) is 4.74 Å². The van der Waals surface area contributed by atoms with Gasteiger partial charge in [0, 0.05) is 38.3 Å². The van der Waals surface area contributed by atoms with Crippen molar-refractivity contribution in [1.29, 1.82) is 0 Å². The van der Waals surface area contributed by atoms with Crippen LogP contribution in [0.5, 0.6) is 0 Å². The molecule has 3 rings (SSSR count). The zero-order valence-corrected chi connectivity index (χ0v) is 14.0. The molecule has 0 bridgehead atoms. The van der Waals surface area contributed by atoms with Crippen molar-refractivity contribution < 1.29 is 18.3 Å². The van der Waals surface area contributed by atoms with Crippen molar-refractivity contribution in [2.24, 2.45) is 0 Å². The lowest BCUT2D eigenvalue weighted by Gasteiger charge is -2.26. The van der Waals surface area contributed by atoms with E-state index in [1.165, 1.54) is 12.4 Å². The Hall–Kier alpha value is -2.65. The number of hydrogen-bond acceptors (Lipinski definition) is 6. The molecule has 26 heavy (non-hydrogen) atoms. The van der Waals surface area contributed by atoms with Crippen LogP contribution in [0.1, 0.15) is 10.5 Å². The average Bonchev–Trinajstić information content (AvgIpc) is 2.65. The van der Waals surface area contributed by atoms with Crippen molar-refractivity contribution in [3.05, 3.63) is 47.9 Å². The number of carbonyl (C=O) groups is 1. The van der Waals surface area contributed by atoms with E-state index in [1.807, 2.05) is 0 Å². The summed E-state index contributed by atoms with van der Waals surface area (Å²) in [6.07, 6.45) is 1.26. The van der Waals surface area contributed by atoms with E-state index in [2.05, 4.69) is 25.5 Å². The van der Waals surface area contributed by atoms with Crippen molar-refractivity contribution in [2.45, 2.75) is 0 Å². The predicted molar refractivity (Wildman–Crippen MR) is 92.1 cm³/mol. The summed E-state index contributed by atoms with van der Waals surface area (Å²) in [7, 11) is 0. The fourth-order valence-corrected chi connectivity index (χ4v) is 2.52. The normalized spacial score (nSPS) is 14.8. The fourth-order valence-electron chi connectivity index (χ4n) is 2.52. The molecular weight excluding hydrogens is 344 g/mol. The number of halogens is 2. The van der Waals surface area contributed by atoms with Gasteiger partial charge in [-0.15, -0.1) is 0 Å². The van der Waals surface area contributed by atoms with Crippen LogP contribution in [0.3, 0.4) is 0 Å². The maximum absolute atomic E-state index is 13.6. The summed E-state index contributed by atoms with van der Waals surface area (Å²) >= 11 is 0. The second kappa shape index (κ2) is 8.63. The summed E-state index contributed by atoms with van der Waals surface area (Å²) < 4.78 is 31.9. The molecule has 2 heterocycles. The van der Waals surface area contributed by atoms with Crippen LogP contribution in [-0.2, 0) is 4.74 Å². The minimum Gasteiger partial charge on any atom is -0.379 e. The first-order valence-corrected chi connectivity index (χ1v) is 8.24. The van der Waals surface area contributed by atoms with Crippen molar-refractivity contribution in [2.75, 3.05) is 50.0 Å². The lowest BCUT2D eigenvalue weighted by molar-refractivity contribution is 0.0398. The number of ether oxygens (including phenoxy) is 1. The molecular formula is C17H19F2N5O2. The van der Waals surface area contributed by atoms with Crippen LogP contribution in [0.15, 0.2) is 30.6 Å². The molecule has 2 N–H and O–H groups in total. The second-order valence-corrected chi connectivity index (χ2v) is 5.75. The van der Waals surface area contributed by atoms with Gasteiger partial charge in [-0.3, -0.25) is 9.69 Å². The van der Waals surface area contributed by atoms with Crippen LogP contribution in [-0.4, -0.2) is 60.2 Å². The number of nitrogens with zero attached hydrogens (tertiary/aromatic N) is 3. The molecule has 1 aromatic heterocycles. The van der Waals surface area contributed by atoms with Gasteiger partial charge in [0.15, 0.2) is 0 Å². The van der Waals surface area contributed by atoms with Crippen LogP contribution in [0, 0.1) is 11.6 Å². The number of rotatable bonds is 6. The second-order valence-electron chi connectivity index (χ2n) is 5.75. The minimum absolute atomic E-state index is 0.0811. The van der Waals surface area contributed by atoms with Crippen LogP contribution < -0.4 is 10.6 Å². The zero-order chi connectivity index (χ0) is 18.4. The molecule has 0 aliphatic carbocycles. The predicted octanol–water partition coefficient (Wildman–Crippen LogP) is 1.75. The molecule has 138 valence electrons. The van der Waals surface area contributed by atoms with Gasteiger partial charge in [0.1, 0.15) is 29.5 Å². The Balaban J connectivity index is 1.56. The highest BCUT2D eigenvalue weighted by Gasteiger charge is 2.13. The minimum atomic E-state index is -0.851. The maximum Gasteiger partial charge on any atom is 0.274 e. The van der Waals surface area contributed by atoms with Crippen molar-refractivity contribution in [3.63, 3.8) is 0 Å². The number of benzene rings is 1. The third kappa shape index (κ3) is 4.93. The van der Waals surface area contributed by atoms with E-state index in [1.54, 1.807) is 0 Å². The number of aromatic nitrogens is 2. The number of morpholine rings is 1. The molecule has 7 nitrogen and oxygen atoms in total. The fraction of sp³-hybridized carbons (Fsp3) is 0.353. The molecule has 1 aromatic carbocycles. The number of amides is 1. The highest BCUT2D eigenvalue weighted by atomic mass is 19.1. The Bertz CT molecular complexity index is 769. The first-order chi connectivity index (χ1) is 12.6. The monoisotopic (exact) mass is 363 g/mol. The van der Waals surface area contributed by atoms with Gasteiger partial charge >= 0.3 is 0 Å². The van der Waals surface area contributed by atoms with Gasteiger partial charge in [0.25, 0.3) is 5.91 Å². The van der Waals surface area contributed by atoms with Crippen LogP contribution >= 0.6 is 0 Å². The highest BCUT2D eigenvalue weighted by molar-refractivity contribution is 6.03. The molecule has 1 saturated heterocycles. The quantitative estimate of drug-likeness (QED) is 0.814. The van der Waals surface area contributed by atoms with E-state index in [-0.39, 0.29) is 11.4 Å². The van der Waals surface area contributed by atoms with E-state index < -0.39 is 17.5 Å². The third-order valence-corrected chi connectivity index (χ3v) is 3.92.